The molecule has 0 spiro atoms. The molecule has 0 amide bonds. The first-order valence-electron chi connectivity index (χ1n) is 11.2. The third kappa shape index (κ3) is 2.38. The van der Waals surface area contributed by atoms with Gasteiger partial charge in [-0.1, -0.05) is 133 Å². The fraction of sp³-hybridized carbons (Fsp3) is 0.133. The lowest BCUT2D eigenvalue weighted by atomic mass is 9.71. The second-order valence-electron chi connectivity index (χ2n) is 8.93. The van der Waals surface area contributed by atoms with Crippen molar-refractivity contribution in [2.75, 3.05) is 0 Å². The molecule has 0 saturated carbocycles. The van der Waals surface area contributed by atoms with E-state index >= 15 is 4.57 Å². The molecule has 2 heteroatoms. The van der Waals surface area contributed by atoms with Gasteiger partial charge in [0.05, 0.1) is 10.3 Å². The van der Waals surface area contributed by atoms with Crippen LogP contribution >= 0.6 is 7.14 Å². The maximum absolute atomic E-state index is 15.9. The molecular formula is C30H25OP. The molecule has 0 N–H and O–H groups in total. The van der Waals surface area contributed by atoms with Crippen molar-refractivity contribution in [3.8, 4) is 0 Å². The average Bonchev–Trinajstić information content (AvgIpc) is 3.29. The van der Waals surface area contributed by atoms with Gasteiger partial charge in [0.25, 0.3) is 0 Å². The zero-order valence-corrected chi connectivity index (χ0v) is 18.7. The Kier molecular flexibility index (Phi) is 4.39. The molecule has 2 heterocycles. The van der Waals surface area contributed by atoms with Gasteiger partial charge in [-0.05, 0) is 23.1 Å². The van der Waals surface area contributed by atoms with Gasteiger partial charge >= 0.3 is 0 Å². The van der Waals surface area contributed by atoms with Crippen molar-refractivity contribution in [1.29, 1.82) is 0 Å². The second-order valence-corrected chi connectivity index (χ2v) is 12.2. The van der Waals surface area contributed by atoms with E-state index < -0.39 is 17.5 Å². The molecule has 32 heavy (non-hydrogen) atoms. The summed E-state index contributed by atoms with van der Waals surface area (Å²) in [6.45, 7) is 0. The lowest BCUT2D eigenvalue weighted by Gasteiger charge is -2.38. The summed E-state index contributed by atoms with van der Waals surface area (Å²) in [6, 6.07) is 42.0. The quantitative estimate of drug-likeness (QED) is 0.246. The summed E-state index contributed by atoms with van der Waals surface area (Å²) in [5, 5.41) is -0.130. The van der Waals surface area contributed by atoms with Gasteiger partial charge in [0.2, 0.25) is 0 Å². The van der Waals surface area contributed by atoms with Crippen LogP contribution in [0.3, 0.4) is 0 Å². The Morgan fingerprint density at radius 1 is 0.594 bits per heavy atom. The van der Waals surface area contributed by atoms with Crippen molar-refractivity contribution in [2.45, 2.75) is 22.7 Å². The summed E-state index contributed by atoms with van der Waals surface area (Å²) in [5.41, 5.74) is 3.56. The fourth-order valence-corrected chi connectivity index (χ4v) is 11.1. The predicted octanol–water partition coefficient (Wildman–Crippen LogP) is 7.22. The lowest BCUT2D eigenvalue weighted by molar-refractivity contribution is 0.511. The van der Waals surface area contributed by atoms with Crippen LogP contribution in [-0.4, -0.2) is 0 Å². The fourth-order valence-electron chi connectivity index (χ4n) is 6.25. The van der Waals surface area contributed by atoms with Gasteiger partial charge in [0.1, 0.15) is 7.14 Å². The first-order valence-corrected chi connectivity index (χ1v) is 13.0. The van der Waals surface area contributed by atoms with Crippen molar-refractivity contribution in [2.24, 2.45) is 0 Å². The molecule has 1 saturated heterocycles. The minimum atomic E-state index is -3.03. The van der Waals surface area contributed by atoms with E-state index in [0.29, 0.717) is 0 Å². The Hall–Kier alpha value is -3.15. The second kappa shape index (κ2) is 7.19. The summed E-state index contributed by atoms with van der Waals surface area (Å²) in [6.07, 6.45) is 5.41. The van der Waals surface area contributed by atoms with Gasteiger partial charge in [-0.15, -0.1) is 0 Å². The zero-order valence-electron chi connectivity index (χ0n) is 17.8. The molecule has 6 rings (SSSR count). The molecule has 2 aliphatic heterocycles. The average molecular weight is 433 g/mol. The van der Waals surface area contributed by atoms with Gasteiger partial charge in [-0.2, -0.15) is 0 Å². The molecule has 4 atom stereocenters. The highest BCUT2D eigenvalue weighted by molar-refractivity contribution is 7.74. The Bertz CT molecular complexity index is 1310. The number of allylic oxidation sites excluding steroid dienone is 2. The van der Waals surface area contributed by atoms with E-state index in [1.54, 1.807) is 0 Å². The standard InChI is InChI=1S/C30H25OP/c31-32(27-19-11-4-12-20-27)29(25-15-7-2-8-16-25)21-22-30(32,26-17-9-3-10-18-26)28(23-29)24-13-5-1-6-14-24/h1-22,28H,23H2/t28-,29-,30-,32?/m1/s1. The van der Waals surface area contributed by atoms with Crippen LogP contribution < -0.4 is 5.30 Å². The van der Waals surface area contributed by atoms with Crippen molar-refractivity contribution in [1.82, 2.24) is 0 Å². The van der Waals surface area contributed by atoms with Crippen molar-refractivity contribution in [3.05, 3.63) is 150 Å². The number of hydrogen-bond acceptors (Lipinski definition) is 1. The minimum Gasteiger partial charge on any atom is -0.316 e. The van der Waals surface area contributed by atoms with Crippen LogP contribution in [0.5, 0.6) is 0 Å². The van der Waals surface area contributed by atoms with Crippen LogP contribution in [0.25, 0.3) is 0 Å². The van der Waals surface area contributed by atoms with Gasteiger partial charge in [-0.25, -0.2) is 0 Å². The summed E-state index contributed by atoms with van der Waals surface area (Å²) >= 11 is 0. The lowest BCUT2D eigenvalue weighted by Crippen LogP contribution is -2.30. The highest BCUT2D eigenvalue weighted by atomic mass is 31.2. The van der Waals surface area contributed by atoms with E-state index in [-0.39, 0.29) is 5.92 Å². The monoisotopic (exact) mass is 432 g/mol. The van der Waals surface area contributed by atoms with Crippen LogP contribution in [0.4, 0.5) is 0 Å². The smallest absolute Gasteiger partial charge is 0.143 e. The Balaban J connectivity index is 1.73. The first kappa shape index (κ1) is 19.5. The molecule has 1 unspecified atom stereocenters. The SMILES string of the molecule is O=P1(c2ccccc2)[C@]2(c3ccccc3)C=C[C@@]1(c1ccccc1)[C@@H](c1ccccc1)C2. The van der Waals surface area contributed by atoms with Crippen LogP contribution in [0, 0.1) is 0 Å². The maximum atomic E-state index is 15.9. The molecule has 2 aliphatic rings. The van der Waals surface area contributed by atoms with Gasteiger partial charge < -0.3 is 4.57 Å². The van der Waals surface area contributed by atoms with Crippen LogP contribution in [-0.2, 0) is 14.9 Å². The van der Waals surface area contributed by atoms with E-state index in [9.17, 15) is 0 Å². The molecule has 2 bridgehead atoms. The van der Waals surface area contributed by atoms with Gasteiger partial charge in [0.15, 0.2) is 0 Å². The number of benzene rings is 4. The highest BCUT2D eigenvalue weighted by Gasteiger charge is 2.73. The summed E-state index contributed by atoms with van der Waals surface area (Å²) < 4.78 is 15.9. The molecule has 1 fully saturated rings. The molecule has 0 aromatic heterocycles. The number of fused-ring (bicyclic) bond motifs is 2. The van der Waals surface area contributed by atoms with E-state index in [4.69, 9.17) is 0 Å². The van der Waals surface area contributed by atoms with E-state index in [0.717, 1.165) is 22.9 Å². The molecule has 1 nitrogen and oxygen atoms in total. The molecule has 4 aromatic carbocycles. The number of hydrogen-bond donors (Lipinski definition) is 0. The number of rotatable bonds is 4. The zero-order chi connectivity index (χ0) is 21.7. The third-order valence-corrected chi connectivity index (χ3v) is 12.1. The van der Waals surface area contributed by atoms with Crippen molar-refractivity contribution in [3.63, 3.8) is 0 Å². The maximum Gasteiger partial charge on any atom is 0.143 e. The van der Waals surface area contributed by atoms with Crippen LogP contribution in [0.2, 0.25) is 0 Å². The van der Waals surface area contributed by atoms with Gasteiger partial charge in [0, 0.05) is 11.2 Å². The molecule has 4 aromatic rings. The minimum absolute atomic E-state index is 0.127. The van der Waals surface area contributed by atoms with Crippen LogP contribution in [0.1, 0.15) is 29.0 Å². The first-order chi connectivity index (χ1) is 15.7. The Morgan fingerprint density at radius 2 is 1.09 bits per heavy atom. The molecule has 0 aliphatic carbocycles. The van der Waals surface area contributed by atoms with Crippen LogP contribution in [0.15, 0.2) is 133 Å². The van der Waals surface area contributed by atoms with E-state index in [1.165, 1.54) is 5.56 Å². The largest absolute Gasteiger partial charge is 0.316 e. The normalized spacial score (nSPS) is 30.4. The third-order valence-electron chi connectivity index (χ3n) is 7.57. The van der Waals surface area contributed by atoms with Crippen molar-refractivity contribution < 1.29 is 4.57 Å². The van der Waals surface area contributed by atoms with E-state index in [1.807, 2.05) is 30.3 Å². The van der Waals surface area contributed by atoms with Gasteiger partial charge in [-0.3, -0.25) is 0 Å². The Labute approximate surface area is 189 Å². The predicted molar refractivity (Wildman–Crippen MR) is 133 cm³/mol. The van der Waals surface area contributed by atoms with E-state index in [2.05, 4.69) is 103 Å². The molecule has 0 radical (unpaired) electrons. The summed E-state index contributed by atoms with van der Waals surface area (Å²) in [4.78, 5) is 0. The molecule has 156 valence electrons. The molecular weight excluding hydrogens is 407 g/mol. The topological polar surface area (TPSA) is 17.1 Å². The summed E-state index contributed by atoms with van der Waals surface area (Å²) in [7, 11) is -3.03. The summed E-state index contributed by atoms with van der Waals surface area (Å²) in [5.74, 6) is 0.127. The Morgan fingerprint density at radius 3 is 1.69 bits per heavy atom. The highest BCUT2D eigenvalue weighted by Crippen LogP contribution is 2.88. The van der Waals surface area contributed by atoms with Crippen molar-refractivity contribution >= 4 is 12.4 Å².